The molecule has 1 aliphatic carbocycles. The Bertz CT molecular complexity index is 501. The van der Waals surface area contributed by atoms with Gasteiger partial charge in [-0.3, -0.25) is 0 Å². The van der Waals surface area contributed by atoms with Crippen molar-refractivity contribution in [1.82, 2.24) is 15.6 Å². The van der Waals surface area contributed by atoms with Crippen molar-refractivity contribution >= 4 is 6.03 Å². The number of hydrogen-bond acceptors (Lipinski definition) is 3. The average Bonchev–Trinajstić information content (AvgIpc) is 3.28. The van der Waals surface area contributed by atoms with E-state index in [0.29, 0.717) is 11.5 Å². The molecule has 2 N–H and O–H groups in total. The van der Waals surface area contributed by atoms with Crippen LogP contribution in [-0.4, -0.2) is 29.8 Å². The van der Waals surface area contributed by atoms with Crippen LogP contribution in [0.15, 0.2) is 18.3 Å². The van der Waals surface area contributed by atoms with Gasteiger partial charge in [-0.2, -0.15) is 13.2 Å². The molecule has 1 aromatic heterocycles. The highest BCUT2D eigenvalue weighted by Crippen LogP contribution is 2.32. The van der Waals surface area contributed by atoms with Crippen LogP contribution in [0.25, 0.3) is 0 Å². The second-order valence-electron chi connectivity index (χ2n) is 5.36. The summed E-state index contributed by atoms with van der Waals surface area (Å²) >= 11 is 0. The van der Waals surface area contributed by atoms with Gasteiger partial charge in [-0.25, -0.2) is 9.78 Å². The molecular weight excluding hydrogens is 299 g/mol. The number of hydrogen-bond donors (Lipinski definition) is 2. The van der Waals surface area contributed by atoms with E-state index in [1.54, 1.807) is 6.07 Å². The summed E-state index contributed by atoms with van der Waals surface area (Å²) in [6, 6.07) is 2.78. The van der Waals surface area contributed by atoms with E-state index >= 15 is 0 Å². The molecule has 0 radical (unpaired) electrons. The van der Waals surface area contributed by atoms with Gasteiger partial charge in [-0.15, -0.1) is 0 Å². The number of aromatic nitrogens is 1. The molecule has 2 rings (SSSR count). The summed E-state index contributed by atoms with van der Waals surface area (Å²) in [5.74, 6) is 0.463. The molecule has 8 heteroatoms. The highest BCUT2D eigenvalue weighted by atomic mass is 19.4. The number of nitrogens with zero attached hydrogens (tertiary/aromatic N) is 1. The zero-order chi connectivity index (χ0) is 16.2. The monoisotopic (exact) mass is 317 g/mol. The first kappa shape index (κ1) is 16.4. The lowest BCUT2D eigenvalue weighted by atomic mass is 10.2. The standard InChI is InChI=1S/C14H18F3N3O2/c1-9(11-3-4-11)20-13(21)19-7-10-2-5-12(18-6-10)22-8-14(15,16)17/h2,5-6,9,11H,3-4,7-8H2,1H3,(H2,19,20,21). The minimum absolute atomic E-state index is 0.104. The Morgan fingerprint density at radius 1 is 1.45 bits per heavy atom. The lowest BCUT2D eigenvalue weighted by Crippen LogP contribution is -2.41. The van der Waals surface area contributed by atoms with E-state index in [0.717, 1.165) is 12.8 Å². The van der Waals surface area contributed by atoms with Crippen molar-refractivity contribution in [2.45, 2.75) is 38.5 Å². The zero-order valence-electron chi connectivity index (χ0n) is 12.1. The molecule has 5 nitrogen and oxygen atoms in total. The van der Waals surface area contributed by atoms with Crippen molar-refractivity contribution in [2.75, 3.05) is 6.61 Å². The van der Waals surface area contributed by atoms with Gasteiger partial charge in [0, 0.05) is 24.8 Å². The van der Waals surface area contributed by atoms with Crippen LogP contribution in [-0.2, 0) is 6.54 Å². The molecule has 1 atom stereocenters. The van der Waals surface area contributed by atoms with Gasteiger partial charge in [0.05, 0.1) is 0 Å². The van der Waals surface area contributed by atoms with Crippen LogP contribution in [0.4, 0.5) is 18.0 Å². The van der Waals surface area contributed by atoms with Gasteiger partial charge >= 0.3 is 12.2 Å². The minimum atomic E-state index is -4.39. The molecule has 1 fully saturated rings. The Hall–Kier alpha value is -1.99. The quantitative estimate of drug-likeness (QED) is 0.848. The molecule has 1 aromatic rings. The number of pyridine rings is 1. The number of urea groups is 1. The average molecular weight is 317 g/mol. The lowest BCUT2D eigenvalue weighted by Gasteiger charge is -2.13. The van der Waals surface area contributed by atoms with Crippen LogP contribution in [0.3, 0.4) is 0 Å². The van der Waals surface area contributed by atoms with Gasteiger partial charge in [-0.05, 0) is 31.2 Å². The molecule has 1 aliphatic rings. The molecule has 122 valence electrons. The number of amides is 2. The molecule has 1 heterocycles. The molecular formula is C14H18F3N3O2. The third kappa shape index (κ3) is 5.79. The predicted octanol–water partition coefficient (Wildman–Crippen LogP) is 2.62. The second kappa shape index (κ2) is 6.85. The fourth-order valence-electron chi connectivity index (χ4n) is 1.91. The lowest BCUT2D eigenvalue weighted by molar-refractivity contribution is -0.154. The van der Waals surface area contributed by atoms with Gasteiger partial charge in [-0.1, -0.05) is 6.07 Å². The second-order valence-corrected chi connectivity index (χ2v) is 5.36. The van der Waals surface area contributed by atoms with E-state index in [4.69, 9.17) is 0 Å². The molecule has 1 saturated carbocycles. The summed E-state index contributed by atoms with van der Waals surface area (Å²) in [6.45, 7) is 0.834. The smallest absolute Gasteiger partial charge is 0.422 e. The van der Waals surface area contributed by atoms with E-state index in [-0.39, 0.29) is 24.5 Å². The normalized spacial score (nSPS) is 16.0. The summed E-state index contributed by atoms with van der Waals surface area (Å²) in [7, 11) is 0. The number of rotatable bonds is 6. The third-order valence-electron chi connectivity index (χ3n) is 3.32. The molecule has 2 amide bonds. The van der Waals surface area contributed by atoms with Crippen LogP contribution in [0.2, 0.25) is 0 Å². The number of halogens is 3. The van der Waals surface area contributed by atoms with Crippen LogP contribution in [0, 0.1) is 5.92 Å². The van der Waals surface area contributed by atoms with Crippen molar-refractivity contribution in [1.29, 1.82) is 0 Å². The first-order valence-corrected chi connectivity index (χ1v) is 7.02. The number of carbonyl (C=O) groups is 1. The Morgan fingerprint density at radius 3 is 2.73 bits per heavy atom. The van der Waals surface area contributed by atoms with E-state index in [1.807, 2.05) is 6.92 Å². The molecule has 0 bridgehead atoms. The molecule has 0 saturated heterocycles. The van der Waals surface area contributed by atoms with Crippen LogP contribution in [0.5, 0.6) is 5.88 Å². The van der Waals surface area contributed by atoms with E-state index < -0.39 is 12.8 Å². The minimum Gasteiger partial charge on any atom is -0.468 e. The Morgan fingerprint density at radius 2 is 2.18 bits per heavy atom. The Kier molecular flexibility index (Phi) is 5.10. The molecule has 22 heavy (non-hydrogen) atoms. The Labute approximate surface area is 126 Å². The van der Waals surface area contributed by atoms with Crippen LogP contribution < -0.4 is 15.4 Å². The SMILES string of the molecule is CC(NC(=O)NCc1ccc(OCC(F)(F)F)nc1)C1CC1. The maximum atomic E-state index is 12.0. The van der Waals surface area contributed by atoms with Gasteiger partial charge in [0.15, 0.2) is 6.61 Å². The van der Waals surface area contributed by atoms with E-state index in [2.05, 4.69) is 20.4 Å². The predicted molar refractivity (Wildman–Crippen MR) is 73.3 cm³/mol. The number of alkyl halides is 3. The highest BCUT2D eigenvalue weighted by Gasteiger charge is 2.29. The summed E-state index contributed by atoms with van der Waals surface area (Å²) in [6.07, 6.45) is -0.732. The highest BCUT2D eigenvalue weighted by molar-refractivity contribution is 5.74. The summed E-state index contributed by atoms with van der Waals surface area (Å²) in [5, 5.41) is 5.52. The first-order valence-electron chi connectivity index (χ1n) is 7.02. The maximum Gasteiger partial charge on any atom is 0.422 e. The van der Waals surface area contributed by atoms with Gasteiger partial charge < -0.3 is 15.4 Å². The molecule has 0 aliphatic heterocycles. The number of ether oxygens (including phenoxy) is 1. The fraction of sp³-hybridized carbons (Fsp3) is 0.571. The zero-order valence-corrected chi connectivity index (χ0v) is 12.1. The van der Waals surface area contributed by atoms with Gasteiger partial charge in [0.1, 0.15) is 0 Å². The van der Waals surface area contributed by atoms with Gasteiger partial charge in [0.2, 0.25) is 5.88 Å². The largest absolute Gasteiger partial charge is 0.468 e. The van der Waals surface area contributed by atoms with Crippen molar-refractivity contribution in [3.63, 3.8) is 0 Å². The van der Waals surface area contributed by atoms with Crippen LogP contribution in [0.1, 0.15) is 25.3 Å². The fourth-order valence-corrected chi connectivity index (χ4v) is 1.91. The summed E-state index contributed by atoms with van der Waals surface area (Å²) in [4.78, 5) is 15.4. The van der Waals surface area contributed by atoms with Crippen molar-refractivity contribution in [2.24, 2.45) is 5.92 Å². The van der Waals surface area contributed by atoms with E-state index in [1.165, 1.54) is 12.3 Å². The maximum absolute atomic E-state index is 12.0. The number of nitrogens with one attached hydrogen (secondary N) is 2. The Balaban J connectivity index is 1.72. The van der Waals surface area contributed by atoms with Crippen molar-refractivity contribution in [3.05, 3.63) is 23.9 Å². The van der Waals surface area contributed by atoms with Crippen LogP contribution >= 0.6 is 0 Å². The van der Waals surface area contributed by atoms with Gasteiger partial charge in [0.25, 0.3) is 0 Å². The van der Waals surface area contributed by atoms with Crippen molar-refractivity contribution in [3.8, 4) is 5.88 Å². The summed E-state index contributed by atoms with van der Waals surface area (Å²) in [5.41, 5.74) is 0.675. The molecule has 0 aromatic carbocycles. The third-order valence-corrected chi connectivity index (χ3v) is 3.32. The van der Waals surface area contributed by atoms with E-state index in [9.17, 15) is 18.0 Å². The van der Waals surface area contributed by atoms with Crippen molar-refractivity contribution < 1.29 is 22.7 Å². The first-order chi connectivity index (χ1) is 10.3. The topological polar surface area (TPSA) is 63.2 Å². The summed E-state index contributed by atoms with van der Waals surface area (Å²) < 4.78 is 40.5. The number of carbonyl (C=O) groups excluding carboxylic acids is 1. The molecule has 0 spiro atoms. The molecule has 1 unspecified atom stereocenters.